The Hall–Kier alpha value is -3.15. The number of nitrogens with zero attached hydrogens (tertiary/aromatic N) is 2. The molecule has 0 bridgehead atoms. The average Bonchev–Trinajstić information content (AvgIpc) is 2.91. The number of carbonyl (C=O) groups excluding carboxylic acids is 2. The largest absolute Gasteiger partial charge is 0.366 e. The summed E-state index contributed by atoms with van der Waals surface area (Å²) in [5, 5.41) is 2.73. The van der Waals surface area contributed by atoms with Gasteiger partial charge in [0.05, 0.1) is 0 Å². The molecule has 0 atom stereocenters. The van der Waals surface area contributed by atoms with Gasteiger partial charge in [-0.1, -0.05) is 0 Å². The molecule has 0 saturated carbocycles. The highest BCUT2D eigenvalue weighted by Gasteiger charge is 2.11. The second-order valence-corrected chi connectivity index (χ2v) is 4.99. The van der Waals surface area contributed by atoms with Crippen LogP contribution < -0.4 is 11.1 Å². The number of pyridine rings is 1. The summed E-state index contributed by atoms with van der Waals surface area (Å²) in [4.78, 5) is 27.5. The zero-order valence-corrected chi connectivity index (χ0v) is 11.9. The Bertz CT molecular complexity index is 865. The van der Waals surface area contributed by atoms with E-state index in [1.807, 2.05) is 25.3 Å². The molecule has 22 heavy (non-hydrogen) atoms. The van der Waals surface area contributed by atoms with Gasteiger partial charge in [-0.2, -0.15) is 0 Å². The predicted octanol–water partition coefficient (Wildman–Crippen LogP) is 1.99. The van der Waals surface area contributed by atoms with Gasteiger partial charge in [0.2, 0.25) is 5.91 Å². The monoisotopic (exact) mass is 294 g/mol. The number of hydrogen-bond acceptors (Lipinski definition) is 3. The van der Waals surface area contributed by atoms with Gasteiger partial charge in [-0.05, 0) is 48.9 Å². The van der Waals surface area contributed by atoms with Crippen molar-refractivity contribution in [2.75, 3.05) is 5.32 Å². The Labute approximate surface area is 126 Å². The van der Waals surface area contributed by atoms with Crippen molar-refractivity contribution >= 4 is 23.1 Å². The van der Waals surface area contributed by atoms with Crippen molar-refractivity contribution in [2.24, 2.45) is 5.73 Å². The van der Waals surface area contributed by atoms with Crippen LogP contribution in [0.3, 0.4) is 0 Å². The molecule has 0 unspecified atom stereocenters. The van der Waals surface area contributed by atoms with Gasteiger partial charge in [0.1, 0.15) is 11.3 Å². The number of anilines is 1. The maximum Gasteiger partial charge on any atom is 0.275 e. The molecule has 0 saturated heterocycles. The van der Waals surface area contributed by atoms with Crippen LogP contribution in [0.15, 0.2) is 48.8 Å². The number of hydrogen-bond donors (Lipinski definition) is 2. The van der Waals surface area contributed by atoms with Gasteiger partial charge in [0.15, 0.2) is 0 Å². The van der Waals surface area contributed by atoms with Crippen LogP contribution in [0.2, 0.25) is 0 Å². The Kier molecular flexibility index (Phi) is 3.34. The summed E-state index contributed by atoms with van der Waals surface area (Å²) in [5.74, 6) is -0.818. The second-order valence-electron chi connectivity index (χ2n) is 4.99. The zero-order chi connectivity index (χ0) is 15.7. The minimum atomic E-state index is -0.506. The van der Waals surface area contributed by atoms with Gasteiger partial charge in [0.25, 0.3) is 5.91 Å². The quantitative estimate of drug-likeness (QED) is 0.774. The highest BCUT2D eigenvalue weighted by Crippen LogP contribution is 2.12. The molecule has 0 aliphatic rings. The number of amides is 2. The lowest BCUT2D eigenvalue weighted by atomic mass is 10.2. The molecule has 6 nitrogen and oxygen atoms in total. The minimum Gasteiger partial charge on any atom is -0.366 e. The summed E-state index contributed by atoms with van der Waals surface area (Å²) < 4.78 is 1.79. The van der Waals surface area contributed by atoms with Gasteiger partial charge in [-0.15, -0.1) is 0 Å². The Morgan fingerprint density at radius 1 is 1.18 bits per heavy atom. The van der Waals surface area contributed by atoms with Crippen LogP contribution in [-0.2, 0) is 0 Å². The van der Waals surface area contributed by atoms with Gasteiger partial charge in [-0.25, -0.2) is 4.98 Å². The van der Waals surface area contributed by atoms with E-state index >= 15 is 0 Å². The first-order valence-corrected chi connectivity index (χ1v) is 6.69. The number of nitrogens with two attached hydrogens (primary N) is 1. The number of rotatable bonds is 3. The topological polar surface area (TPSA) is 89.5 Å². The SMILES string of the molecule is Cc1ccn2cc(C(=O)Nc3ccc(C(N)=O)cc3)nc2c1. The maximum absolute atomic E-state index is 12.2. The van der Waals surface area contributed by atoms with Crippen molar-refractivity contribution in [1.29, 1.82) is 0 Å². The van der Waals surface area contributed by atoms with Crippen molar-refractivity contribution in [3.05, 3.63) is 65.6 Å². The molecule has 2 heterocycles. The van der Waals surface area contributed by atoms with E-state index in [4.69, 9.17) is 5.73 Å². The summed E-state index contributed by atoms with van der Waals surface area (Å²) in [5.41, 5.74) is 8.25. The number of nitrogens with one attached hydrogen (secondary N) is 1. The van der Waals surface area contributed by atoms with Crippen molar-refractivity contribution in [3.8, 4) is 0 Å². The number of aromatic nitrogens is 2. The average molecular weight is 294 g/mol. The van der Waals surface area contributed by atoms with Gasteiger partial charge >= 0.3 is 0 Å². The molecule has 6 heteroatoms. The lowest BCUT2D eigenvalue weighted by Gasteiger charge is -2.03. The Morgan fingerprint density at radius 3 is 2.59 bits per heavy atom. The molecule has 0 aliphatic carbocycles. The van der Waals surface area contributed by atoms with E-state index in [0.29, 0.717) is 22.6 Å². The summed E-state index contributed by atoms with van der Waals surface area (Å²) in [6.45, 7) is 1.97. The standard InChI is InChI=1S/C16H14N4O2/c1-10-6-7-20-9-13(19-14(20)8-10)16(22)18-12-4-2-11(3-5-12)15(17)21/h2-9H,1H3,(H2,17,21)(H,18,22). The van der Waals surface area contributed by atoms with E-state index in [-0.39, 0.29) is 5.91 Å². The van der Waals surface area contributed by atoms with E-state index in [2.05, 4.69) is 10.3 Å². The molecule has 0 aliphatic heterocycles. The van der Waals surface area contributed by atoms with E-state index in [1.54, 1.807) is 34.9 Å². The third-order valence-electron chi connectivity index (χ3n) is 3.28. The van der Waals surface area contributed by atoms with Gasteiger partial charge < -0.3 is 15.5 Å². The Morgan fingerprint density at radius 2 is 1.91 bits per heavy atom. The van der Waals surface area contributed by atoms with Crippen molar-refractivity contribution in [1.82, 2.24) is 9.38 Å². The molecule has 3 aromatic rings. The molecule has 3 rings (SSSR count). The fourth-order valence-corrected chi connectivity index (χ4v) is 2.11. The van der Waals surface area contributed by atoms with Crippen LogP contribution in [0.4, 0.5) is 5.69 Å². The third kappa shape index (κ3) is 2.67. The molecule has 2 aromatic heterocycles. The Balaban J connectivity index is 1.81. The highest BCUT2D eigenvalue weighted by molar-refractivity contribution is 6.03. The lowest BCUT2D eigenvalue weighted by Crippen LogP contribution is -2.13. The predicted molar refractivity (Wildman–Crippen MR) is 82.8 cm³/mol. The fraction of sp³-hybridized carbons (Fsp3) is 0.0625. The normalized spacial score (nSPS) is 10.6. The zero-order valence-electron chi connectivity index (χ0n) is 11.9. The number of benzene rings is 1. The van der Waals surface area contributed by atoms with Gasteiger partial charge in [-0.3, -0.25) is 9.59 Å². The van der Waals surface area contributed by atoms with E-state index in [9.17, 15) is 9.59 Å². The summed E-state index contributed by atoms with van der Waals surface area (Å²) in [7, 11) is 0. The van der Waals surface area contributed by atoms with Crippen LogP contribution in [0.5, 0.6) is 0 Å². The van der Waals surface area contributed by atoms with Gasteiger partial charge in [0, 0.05) is 23.6 Å². The maximum atomic E-state index is 12.2. The molecular weight excluding hydrogens is 280 g/mol. The first-order valence-electron chi connectivity index (χ1n) is 6.69. The van der Waals surface area contributed by atoms with E-state index < -0.39 is 5.91 Å². The van der Waals surface area contributed by atoms with Crippen molar-refractivity contribution < 1.29 is 9.59 Å². The molecule has 2 amide bonds. The summed E-state index contributed by atoms with van der Waals surface area (Å²) in [6, 6.07) is 10.2. The molecular formula is C16H14N4O2. The van der Waals surface area contributed by atoms with Crippen LogP contribution in [0, 0.1) is 6.92 Å². The number of imidazole rings is 1. The number of carbonyl (C=O) groups is 2. The van der Waals surface area contributed by atoms with Crippen LogP contribution in [-0.4, -0.2) is 21.2 Å². The molecule has 1 aromatic carbocycles. The van der Waals surface area contributed by atoms with Crippen LogP contribution >= 0.6 is 0 Å². The molecule has 0 radical (unpaired) electrons. The fourth-order valence-electron chi connectivity index (χ4n) is 2.11. The van der Waals surface area contributed by atoms with E-state index in [1.165, 1.54) is 0 Å². The van der Waals surface area contributed by atoms with Crippen LogP contribution in [0.1, 0.15) is 26.4 Å². The van der Waals surface area contributed by atoms with Crippen molar-refractivity contribution in [2.45, 2.75) is 6.92 Å². The smallest absolute Gasteiger partial charge is 0.275 e. The third-order valence-corrected chi connectivity index (χ3v) is 3.28. The number of primary amides is 1. The summed E-state index contributed by atoms with van der Waals surface area (Å²) >= 11 is 0. The van der Waals surface area contributed by atoms with E-state index in [0.717, 1.165) is 5.56 Å². The second kappa shape index (κ2) is 5.33. The molecule has 3 N–H and O–H groups in total. The summed E-state index contributed by atoms with van der Waals surface area (Å²) in [6.07, 6.45) is 3.53. The molecule has 110 valence electrons. The lowest BCUT2D eigenvalue weighted by molar-refractivity contribution is 0.0998. The van der Waals surface area contributed by atoms with Crippen molar-refractivity contribution in [3.63, 3.8) is 0 Å². The highest BCUT2D eigenvalue weighted by atomic mass is 16.2. The molecule has 0 fully saturated rings. The molecule has 0 spiro atoms. The van der Waals surface area contributed by atoms with Crippen LogP contribution in [0.25, 0.3) is 5.65 Å². The first-order chi connectivity index (χ1) is 10.5. The number of aryl methyl sites for hydroxylation is 1. The first kappa shape index (κ1) is 13.8. The number of fused-ring (bicyclic) bond motifs is 1. The minimum absolute atomic E-state index is 0.312.